The quantitative estimate of drug-likeness (QED) is 0.703. The van der Waals surface area contributed by atoms with Crippen LogP contribution in [0.25, 0.3) is 11.0 Å². The van der Waals surface area contributed by atoms with Gasteiger partial charge in [-0.25, -0.2) is 9.02 Å². The van der Waals surface area contributed by atoms with Gasteiger partial charge in [0.05, 0.1) is 22.1 Å². The molecule has 7 heteroatoms. The maximum absolute atomic E-state index is 13.7. The zero-order valence-corrected chi connectivity index (χ0v) is 10.3. The van der Waals surface area contributed by atoms with Gasteiger partial charge in [-0.05, 0) is 34.6 Å². The van der Waals surface area contributed by atoms with Crippen molar-refractivity contribution in [3.05, 3.63) is 41.2 Å². The summed E-state index contributed by atoms with van der Waals surface area (Å²) in [5.41, 5.74) is 7.67. The number of aromatic nitrogens is 2. The molecule has 0 aliphatic heterocycles. The van der Waals surface area contributed by atoms with Crippen LogP contribution in [0.4, 0.5) is 21.5 Å². The summed E-state index contributed by atoms with van der Waals surface area (Å²) in [6.45, 7) is 0. The van der Waals surface area contributed by atoms with E-state index in [4.69, 9.17) is 17.3 Å². The van der Waals surface area contributed by atoms with Crippen molar-refractivity contribution in [1.29, 1.82) is 0 Å². The molecule has 0 unspecified atom stereocenters. The van der Waals surface area contributed by atoms with Crippen molar-refractivity contribution < 1.29 is 9.02 Å². The molecule has 0 spiro atoms. The van der Waals surface area contributed by atoms with Gasteiger partial charge in [-0.15, -0.1) is 0 Å². The lowest BCUT2D eigenvalue weighted by Crippen LogP contribution is -1.97. The molecule has 0 amide bonds. The highest BCUT2D eigenvalue weighted by molar-refractivity contribution is 6.33. The van der Waals surface area contributed by atoms with Crippen LogP contribution < -0.4 is 11.1 Å². The van der Waals surface area contributed by atoms with Crippen LogP contribution in [-0.4, -0.2) is 10.3 Å². The van der Waals surface area contributed by atoms with Gasteiger partial charge in [-0.2, -0.15) is 0 Å². The highest BCUT2D eigenvalue weighted by Gasteiger charge is 2.13. The van der Waals surface area contributed by atoms with Crippen molar-refractivity contribution in [2.45, 2.75) is 0 Å². The summed E-state index contributed by atoms with van der Waals surface area (Å²) in [5.74, 6) is -0.464. The van der Waals surface area contributed by atoms with Crippen molar-refractivity contribution >= 4 is 39.7 Å². The van der Waals surface area contributed by atoms with Crippen LogP contribution >= 0.6 is 11.6 Å². The molecular weight excluding hydrogens is 271 g/mol. The summed E-state index contributed by atoms with van der Waals surface area (Å²) >= 11 is 5.95. The van der Waals surface area contributed by atoms with E-state index >= 15 is 0 Å². The van der Waals surface area contributed by atoms with Gasteiger partial charge in [-0.3, -0.25) is 0 Å². The Hall–Kier alpha value is -2.34. The first-order valence-electron chi connectivity index (χ1n) is 5.38. The van der Waals surface area contributed by atoms with Gasteiger partial charge in [0.15, 0.2) is 11.0 Å². The SMILES string of the molecule is Nc1ccc(Nc2c(F)cccc2Cl)c2nonc12. The fourth-order valence-corrected chi connectivity index (χ4v) is 1.95. The lowest BCUT2D eigenvalue weighted by atomic mass is 10.2. The third-order valence-corrected chi connectivity index (χ3v) is 2.98. The number of hydrogen-bond acceptors (Lipinski definition) is 5. The maximum Gasteiger partial charge on any atom is 0.160 e. The van der Waals surface area contributed by atoms with Gasteiger partial charge in [-0.1, -0.05) is 17.7 Å². The van der Waals surface area contributed by atoms with Crippen molar-refractivity contribution in [2.24, 2.45) is 0 Å². The smallest absolute Gasteiger partial charge is 0.160 e. The predicted molar refractivity (Wildman–Crippen MR) is 70.9 cm³/mol. The lowest BCUT2D eigenvalue weighted by molar-refractivity contribution is 0.316. The molecular formula is C12H8ClFN4O. The second-order valence-electron chi connectivity index (χ2n) is 3.89. The van der Waals surface area contributed by atoms with Crippen molar-refractivity contribution in [3.8, 4) is 0 Å². The third kappa shape index (κ3) is 1.96. The van der Waals surface area contributed by atoms with E-state index in [2.05, 4.69) is 20.3 Å². The van der Waals surface area contributed by atoms with Crippen LogP contribution in [0, 0.1) is 5.82 Å². The van der Waals surface area contributed by atoms with E-state index in [0.29, 0.717) is 22.4 Å². The van der Waals surface area contributed by atoms with E-state index in [0.717, 1.165) is 0 Å². The van der Waals surface area contributed by atoms with Gasteiger partial charge < -0.3 is 11.1 Å². The Morgan fingerprint density at radius 1 is 1.16 bits per heavy atom. The zero-order valence-electron chi connectivity index (χ0n) is 9.52. The molecule has 3 N–H and O–H groups in total. The Morgan fingerprint density at radius 2 is 1.95 bits per heavy atom. The van der Waals surface area contributed by atoms with Gasteiger partial charge in [0.1, 0.15) is 5.82 Å². The fourth-order valence-electron chi connectivity index (χ4n) is 1.74. The minimum atomic E-state index is -0.464. The van der Waals surface area contributed by atoms with Gasteiger partial charge in [0.2, 0.25) is 0 Å². The largest absolute Gasteiger partial charge is 0.397 e. The first-order valence-corrected chi connectivity index (χ1v) is 5.76. The zero-order chi connectivity index (χ0) is 13.4. The van der Waals surface area contributed by atoms with Gasteiger partial charge >= 0.3 is 0 Å². The standard InChI is InChI=1S/C12H8ClFN4O/c13-6-2-1-3-7(14)10(6)16-9-5-4-8(15)11-12(9)18-19-17-11/h1-5,16H,15H2. The number of fused-ring (bicyclic) bond motifs is 1. The van der Waals surface area contributed by atoms with Gasteiger partial charge in [0.25, 0.3) is 0 Å². The Kier molecular flexibility index (Phi) is 2.72. The van der Waals surface area contributed by atoms with E-state index in [9.17, 15) is 4.39 Å². The number of nitrogens with zero attached hydrogens (tertiary/aromatic N) is 2. The minimum absolute atomic E-state index is 0.165. The average Bonchev–Trinajstić information content (AvgIpc) is 2.87. The fraction of sp³-hybridized carbons (Fsp3) is 0. The van der Waals surface area contributed by atoms with Crippen LogP contribution in [0.5, 0.6) is 0 Å². The van der Waals surface area contributed by atoms with Crippen molar-refractivity contribution in [2.75, 3.05) is 11.1 Å². The van der Waals surface area contributed by atoms with E-state index in [1.807, 2.05) is 0 Å². The summed E-state index contributed by atoms with van der Waals surface area (Å²) in [4.78, 5) is 0. The van der Waals surface area contributed by atoms with E-state index < -0.39 is 5.82 Å². The number of halogens is 2. The Morgan fingerprint density at radius 3 is 2.74 bits per heavy atom. The molecule has 0 atom stereocenters. The van der Waals surface area contributed by atoms with Gasteiger partial charge in [0, 0.05) is 0 Å². The molecule has 0 bridgehead atoms. The number of nitrogens with two attached hydrogens (primary N) is 1. The Labute approximate surface area is 112 Å². The van der Waals surface area contributed by atoms with Crippen LogP contribution in [0.1, 0.15) is 0 Å². The maximum atomic E-state index is 13.7. The molecule has 96 valence electrons. The molecule has 0 aliphatic rings. The second-order valence-corrected chi connectivity index (χ2v) is 4.29. The topological polar surface area (TPSA) is 77.0 Å². The predicted octanol–water partition coefficient (Wildman–Crippen LogP) is 3.34. The number of para-hydroxylation sites is 1. The third-order valence-electron chi connectivity index (χ3n) is 2.67. The molecule has 0 fully saturated rings. The normalized spacial score (nSPS) is 10.8. The minimum Gasteiger partial charge on any atom is -0.397 e. The number of rotatable bonds is 2. The highest BCUT2D eigenvalue weighted by Crippen LogP contribution is 2.32. The van der Waals surface area contributed by atoms with E-state index in [1.165, 1.54) is 12.1 Å². The summed E-state index contributed by atoms with van der Waals surface area (Å²) in [7, 11) is 0. The summed E-state index contributed by atoms with van der Waals surface area (Å²) < 4.78 is 18.3. The second kappa shape index (κ2) is 4.40. The number of anilines is 3. The molecule has 3 aromatic rings. The molecule has 19 heavy (non-hydrogen) atoms. The molecule has 1 aromatic heterocycles. The monoisotopic (exact) mass is 278 g/mol. The first-order chi connectivity index (χ1) is 9.16. The number of nitrogen functional groups attached to an aromatic ring is 1. The summed E-state index contributed by atoms with van der Waals surface area (Å²) in [6, 6.07) is 7.71. The molecule has 0 saturated heterocycles. The number of nitrogens with one attached hydrogen (secondary N) is 1. The lowest BCUT2D eigenvalue weighted by Gasteiger charge is -2.09. The van der Waals surface area contributed by atoms with Crippen LogP contribution in [0.15, 0.2) is 35.0 Å². The molecule has 5 nitrogen and oxygen atoms in total. The molecule has 0 radical (unpaired) electrons. The molecule has 0 aliphatic carbocycles. The van der Waals surface area contributed by atoms with Crippen LogP contribution in [0.3, 0.4) is 0 Å². The van der Waals surface area contributed by atoms with Crippen molar-refractivity contribution in [3.63, 3.8) is 0 Å². The van der Waals surface area contributed by atoms with E-state index in [1.54, 1.807) is 18.2 Å². The Bertz CT molecular complexity index is 738. The average molecular weight is 279 g/mol. The Balaban J connectivity index is 2.11. The first kappa shape index (κ1) is 11.7. The molecule has 2 aromatic carbocycles. The van der Waals surface area contributed by atoms with Crippen LogP contribution in [0.2, 0.25) is 5.02 Å². The highest BCUT2D eigenvalue weighted by atomic mass is 35.5. The van der Waals surface area contributed by atoms with Crippen LogP contribution in [-0.2, 0) is 0 Å². The molecule has 3 rings (SSSR count). The number of hydrogen-bond donors (Lipinski definition) is 2. The molecule has 0 saturated carbocycles. The summed E-state index contributed by atoms with van der Waals surface area (Å²) in [6.07, 6.45) is 0. The summed E-state index contributed by atoms with van der Waals surface area (Å²) in [5, 5.41) is 10.6. The van der Waals surface area contributed by atoms with E-state index in [-0.39, 0.29) is 10.7 Å². The van der Waals surface area contributed by atoms with Crippen molar-refractivity contribution in [1.82, 2.24) is 10.3 Å². The molecule has 1 heterocycles. The number of benzene rings is 2.